The average Bonchev–Trinajstić information content (AvgIpc) is 3.26. The van der Waals surface area contributed by atoms with Gasteiger partial charge in [-0.05, 0) is 49.6 Å². The van der Waals surface area contributed by atoms with Gasteiger partial charge in [0, 0.05) is 50.3 Å². The molecule has 1 amide bonds. The lowest BCUT2D eigenvalue weighted by atomic mass is 10.1. The molecular weight excluding hydrogens is 413 g/mol. The van der Waals surface area contributed by atoms with E-state index in [1.54, 1.807) is 17.5 Å². The van der Waals surface area contributed by atoms with Gasteiger partial charge in [0.2, 0.25) is 0 Å². The first-order valence-electron chi connectivity index (χ1n) is 9.83. The molecule has 2 aliphatic heterocycles. The molecule has 2 aromatic rings. The molecule has 0 saturated carbocycles. The van der Waals surface area contributed by atoms with Gasteiger partial charge in [0.15, 0.2) is 0 Å². The molecule has 9 heteroatoms. The number of piperidine rings is 1. The van der Waals surface area contributed by atoms with Crippen LogP contribution in [0.3, 0.4) is 0 Å². The number of likely N-dealkylation sites (tertiary alicyclic amines) is 1. The molecule has 1 aromatic carbocycles. The third-order valence-corrected chi connectivity index (χ3v) is 8.80. The van der Waals surface area contributed by atoms with E-state index in [0.29, 0.717) is 31.7 Å². The van der Waals surface area contributed by atoms with Crippen LogP contribution in [0.1, 0.15) is 29.6 Å². The molecule has 3 heterocycles. The largest absolute Gasteiger partial charge is 0.369 e. The molecule has 0 atom stereocenters. The van der Waals surface area contributed by atoms with E-state index in [9.17, 15) is 17.6 Å². The highest BCUT2D eigenvalue weighted by molar-refractivity contribution is 7.91. The van der Waals surface area contributed by atoms with Gasteiger partial charge >= 0.3 is 0 Å². The molecule has 0 radical (unpaired) electrons. The van der Waals surface area contributed by atoms with E-state index >= 15 is 0 Å². The maximum atomic E-state index is 13.1. The first-order valence-corrected chi connectivity index (χ1v) is 12.2. The van der Waals surface area contributed by atoms with Crippen molar-refractivity contribution in [1.29, 1.82) is 0 Å². The standard InChI is InChI=1S/C20H24FN3O3S2/c21-17-4-6-18(7-5-17)22-10-12-24(13-11-22)29(26,27)19-14-16(15-28-19)20(25)23-8-2-1-3-9-23/h4-7,14-15H,1-3,8-13H2. The Morgan fingerprint density at radius 3 is 2.24 bits per heavy atom. The van der Waals surface area contributed by atoms with Gasteiger partial charge in [-0.1, -0.05) is 0 Å². The highest BCUT2D eigenvalue weighted by Crippen LogP contribution is 2.27. The van der Waals surface area contributed by atoms with E-state index in [4.69, 9.17) is 0 Å². The number of carbonyl (C=O) groups excluding carboxylic acids is 1. The van der Waals surface area contributed by atoms with Crippen molar-refractivity contribution in [2.45, 2.75) is 23.5 Å². The number of piperazine rings is 1. The van der Waals surface area contributed by atoms with Crippen molar-refractivity contribution in [2.75, 3.05) is 44.2 Å². The van der Waals surface area contributed by atoms with Crippen LogP contribution < -0.4 is 4.90 Å². The van der Waals surface area contributed by atoms with E-state index in [1.165, 1.54) is 22.5 Å². The zero-order valence-corrected chi connectivity index (χ0v) is 17.7. The molecule has 0 N–H and O–H groups in total. The fourth-order valence-electron chi connectivity index (χ4n) is 3.81. The van der Waals surface area contributed by atoms with Gasteiger partial charge in [0.25, 0.3) is 15.9 Å². The summed E-state index contributed by atoms with van der Waals surface area (Å²) < 4.78 is 40.8. The number of hydrogen-bond donors (Lipinski definition) is 0. The molecule has 2 saturated heterocycles. The van der Waals surface area contributed by atoms with Gasteiger partial charge in [-0.25, -0.2) is 12.8 Å². The normalized spacial score (nSPS) is 18.8. The minimum atomic E-state index is -3.62. The zero-order chi connectivity index (χ0) is 20.4. The maximum Gasteiger partial charge on any atom is 0.254 e. The van der Waals surface area contributed by atoms with E-state index in [1.807, 2.05) is 9.80 Å². The highest BCUT2D eigenvalue weighted by atomic mass is 32.2. The Morgan fingerprint density at radius 1 is 0.931 bits per heavy atom. The number of halogens is 1. The number of amides is 1. The fourth-order valence-corrected chi connectivity index (χ4v) is 6.54. The van der Waals surface area contributed by atoms with Gasteiger partial charge in [0.1, 0.15) is 10.0 Å². The SMILES string of the molecule is O=C(c1csc(S(=O)(=O)N2CCN(c3ccc(F)cc3)CC2)c1)N1CCCCC1. The van der Waals surface area contributed by atoms with E-state index in [0.717, 1.165) is 49.4 Å². The van der Waals surface area contributed by atoms with Crippen LogP contribution in [0.4, 0.5) is 10.1 Å². The zero-order valence-electron chi connectivity index (χ0n) is 16.1. The van der Waals surface area contributed by atoms with Crippen molar-refractivity contribution < 1.29 is 17.6 Å². The average molecular weight is 438 g/mol. The summed E-state index contributed by atoms with van der Waals surface area (Å²) in [6.45, 7) is 3.26. The fraction of sp³-hybridized carbons (Fsp3) is 0.450. The minimum absolute atomic E-state index is 0.0801. The Balaban J connectivity index is 1.42. The Hall–Kier alpha value is -1.97. The van der Waals surface area contributed by atoms with E-state index in [-0.39, 0.29) is 15.9 Å². The molecule has 0 bridgehead atoms. The van der Waals surface area contributed by atoms with Gasteiger partial charge in [-0.15, -0.1) is 11.3 Å². The Labute approximate surface area is 174 Å². The number of carbonyl (C=O) groups is 1. The van der Waals surface area contributed by atoms with Crippen molar-refractivity contribution in [3.63, 3.8) is 0 Å². The summed E-state index contributed by atoms with van der Waals surface area (Å²) in [6, 6.07) is 7.74. The summed E-state index contributed by atoms with van der Waals surface area (Å²) in [4.78, 5) is 16.5. The number of nitrogens with zero attached hydrogens (tertiary/aromatic N) is 3. The predicted molar refractivity (Wildman–Crippen MR) is 111 cm³/mol. The van der Waals surface area contributed by atoms with Crippen LogP contribution in [0, 0.1) is 5.82 Å². The summed E-state index contributed by atoms with van der Waals surface area (Å²) in [7, 11) is -3.62. The summed E-state index contributed by atoms with van der Waals surface area (Å²) in [6.07, 6.45) is 3.13. The van der Waals surface area contributed by atoms with Crippen molar-refractivity contribution in [1.82, 2.24) is 9.21 Å². The minimum Gasteiger partial charge on any atom is -0.369 e. The third-order valence-electron chi connectivity index (χ3n) is 5.49. The molecule has 6 nitrogen and oxygen atoms in total. The molecule has 156 valence electrons. The molecular formula is C20H24FN3O3S2. The number of benzene rings is 1. The van der Waals surface area contributed by atoms with Crippen LogP contribution in [-0.4, -0.2) is 62.8 Å². The van der Waals surface area contributed by atoms with Crippen molar-refractivity contribution in [3.05, 3.63) is 47.1 Å². The second-order valence-electron chi connectivity index (χ2n) is 7.37. The molecule has 29 heavy (non-hydrogen) atoms. The second-order valence-corrected chi connectivity index (χ2v) is 10.5. The lowest BCUT2D eigenvalue weighted by molar-refractivity contribution is 0.0724. The van der Waals surface area contributed by atoms with Gasteiger partial charge in [-0.3, -0.25) is 4.79 Å². The van der Waals surface area contributed by atoms with Crippen molar-refractivity contribution in [3.8, 4) is 0 Å². The van der Waals surface area contributed by atoms with Gasteiger partial charge in [0.05, 0.1) is 5.56 Å². The predicted octanol–water partition coefficient (Wildman–Crippen LogP) is 3.02. The molecule has 1 aromatic heterocycles. The first-order chi connectivity index (χ1) is 13.9. The van der Waals surface area contributed by atoms with E-state index in [2.05, 4.69) is 0 Å². The van der Waals surface area contributed by atoms with Gasteiger partial charge in [-0.2, -0.15) is 4.31 Å². The Bertz CT molecular complexity index is 961. The number of rotatable bonds is 4. The summed E-state index contributed by atoms with van der Waals surface area (Å²) in [5.41, 5.74) is 1.34. The number of hydrogen-bond acceptors (Lipinski definition) is 5. The first kappa shape index (κ1) is 20.3. The molecule has 2 fully saturated rings. The van der Waals surface area contributed by atoms with E-state index < -0.39 is 10.0 Å². The molecule has 0 aliphatic carbocycles. The lowest BCUT2D eigenvalue weighted by Crippen LogP contribution is -2.48. The van der Waals surface area contributed by atoms with Crippen molar-refractivity contribution >= 4 is 33.0 Å². The topological polar surface area (TPSA) is 60.9 Å². The smallest absolute Gasteiger partial charge is 0.254 e. The van der Waals surface area contributed by atoms with Crippen LogP contribution in [0.2, 0.25) is 0 Å². The third kappa shape index (κ3) is 4.31. The maximum absolute atomic E-state index is 13.1. The van der Waals surface area contributed by atoms with Crippen LogP contribution in [0.15, 0.2) is 39.9 Å². The number of thiophene rings is 1. The van der Waals surface area contributed by atoms with Crippen LogP contribution >= 0.6 is 11.3 Å². The number of anilines is 1. The lowest BCUT2D eigenvalue weighted by Gasteiger charge is -2.35. The van der Waals surface area contributed by atoms with Crippen LogP contribution in [-0.2, 0) is 10.0 Å². The molecule has 4 rings (SSSR count). The number of sulfonamides is 1. The summed E-state index contributed by atoms with van der Waals surface area (Å²) in [5, 5.41) is 1.65. The Kier molecular flexibility index (Phi) is 5.89. The van der Waals surface area contributed by atoms with Crippen molar-refractivity contribution in [2.24, 2.45) is 0 Å². The Morgan fingerprint density at radius 2 is 1.59 bits per heavy atom. The second kappa shape index (κ2) is 8.41. The highest BCUT2D eigenvalue weighted by Gasteiger charge is 2.31. The monoisotopic (exact) mass is 437 g/mol. The molecule has 2 aliphatic rings. The van der Waals surface area contributed by atoms with Crippen LogP contribution in [0.25, 0.3) is 0 Å². The quantitative estimate of drug-likeness (QED) is 0.738. The summed E-state index contributed by atoms with van der Waals surface area (Å²) in [5.74, 6) is -0.369. The molecule has 0 unspecified atom stereocenters. The summed E-state index contributed by atoms with van der Waals surface area (Å²) >= 11 is 1.11. The van der Waals surface area contributed by atoms with Crippen LogP contribution in [0.5, 0.6) is 0 Å². The van der Waals surface area contributed by atoms with Gasteiger partial charge < -0.3 is 9.80 Å². The molecule has 0 spiro atoms.